The van der Waals surface area contributed by atoms with Gasteiger partial charge in [-0.3, -0.25) is 9.78 Å². The van der Waals surface area contributed by atoms with E-state index in [0.717, 1.165) is 29.3 Å². The molecule has 1 aromatic heterocycles. The maximum absolute atomic E-state index is 12.4. The highest BCUT2D eigenvalue weighted by molar-refractivity contribution is 6.07. The maximum Gasteiger partial charge on any atom is 0.168 e. The lowest BCUT2D eigenvalue weighted by Gasteiger charge is -2.12. The molecular formula is C15H17NO. The second kappa shape index (κ2) is 5.09. The topological polar surface area (TPSA) is 30.0 Å². The largest absolute Gasteiger partial charge is 0.294 e. The SMILES string of the molecule is CCC(CC)C(=O)c1cccc2cccnc12. The van der Waals surface area contributed by atoms with Gasteiger partial charge in [0.2, 0.25) is 0 Å². The van der Waals surface area contributed by atoms with Crippen LogP contribution in [0, 0.1) is 5.92 Å². The molecule has 0 aliphatic rings. The Morgan fingerprint density at radius 2 is 1.88 bits per heavy atom. The Morgan fingerprint density at radius 1 is 1.18 bits per heavy atom. The van der Waals surface area contributed by atoms with E-state index in [-0.39, 0.29) is 11.7 Å². The highest BCUT2D eigenvalue weighted by Gasteiger charge is 2.18. The van der Waals surface area contributed by atoms with Crippen LogP contribution in [-0.2, 0) is 0 Å². The van der Waals surface area contributed by atoms with Crippen LogP contribution in [0.3, 0.4) is 0 Å². The average Bonchev–Trinajstić information content (AvgIpc) is 2.39. The van der Waals surface area contributed by atoms with Gasteiger partial charge in [0.1, 0.15) is 0 Å². The molecule has 0 atom stereocenters. The minimum atomic E-state index is 0.114. The van der Waals surface area contributed by atoms with Crippen LogP contribution < -0.4 is 0 Å². The van der Waals surface area contributed by atoms with Crippen molar-refractivity contribution in [1.29, 1.82) is 0 Å². The summed E-state index contributed by atoms with van der Waals surface area (Å²) in [6, 6.07) is 9.70. The lowest BCUT2D eigenvalue weighted by atomic mass is 9.92. The highest BCUT2D eigenvalue weighted by atomic mass is 16.1. The number of hydrogen-bond acceptors (Lipinski definition) is 2. The van der Waals surface area contributed by atoms with Crippen LogP contribution in [0.1, 0.15) is 37.0 Å². The average molecular weight is 227 g/mol. The maximum atomic E-state index is 12.4. The normalized spacial score (nSPS) is 11.0. The zero-order valence-corrected chi connectivity index (χ0v) is 10.3. The molecule has 0 unspecified atom stereocenters. The Labute approximate surface area is 102 Å². The van der Waals surface area contributed by atoms with Crippen molar-refractivity contribution in [2.75, 3.05) is 0 Å². The minimum Gasteiger partial charge on any atom is -0.294 e. The van der Waals surface area contributed by atoms with Gasteiger partial charge in [-0.25, -0.2) is 0 Å². The van der Waals surface area contributed by atoms with Crippen molar-refractivity contribution >= 4 is 16.7 Å². The van der Waals surface area contributed by atoms with Gasteiger partial charge in [-0.05, 0) is 25.0 Å². The molecule has 0 fully saturated rings. The zero-order chi connectivity index (χ0) is 12.3. The first-order valence-electron chi connectivity index (χ1n) is 6.15. The number of nitrogens with zero attached hydrogens (tertiary/aromatic N) is 1. The molecule has 0 saturated heterocycles. The number of hydrogen-bond donors (Lipinski definition) is 0. The monoisotopic (exact) mass is 227 g/mol. The van der Waals surface area contributed by atoms with Crippen LogP contribution in [0.2, 0.25) is 0 Å². The van der Waals surface area contributed by atoms with Crippen LogP contribution in [0.25, 0.3) is 10.9 Å². The molecule has 2 heteroatoms. The molecule has 1 aromatic carbocycles. The summed E-state index contributed by atoms with van der Waals surface area (Å²) in [5.41, 5.74) is 1.59. The molecule has 0 spiro atoms. The Hall–Kier alpha value is -1.70. The van der Waals surface area contributed by atoms with Crippen molar-refractivity contribution < 1.29 is 4.79 Å². The summed E-state index contributed by atoms with van der Waals surface area (Å²) in [5.74, 6) is 0.335. The summed E-state index contributed by atoms with van der Waals surface area (Å²) in [4.78, 5) is 16.7. The lowest BCUT2D eigenvalue weighted by Crippen LogP contribution is -2.13. The van der Waals surface area contributed by atoms with Crippen LogP contribution in [0.5, 0.6) is 0 Å². The molecule has 2 rings (SSSR count). The third-order valence-electron chi connectivity index (χ3n) is 3.25. The summed E-state index contributed by atoms with van der Waals surface area (Å²) in [5, 5.41) is 1.03. The van der Waals surface area contributed by atoms with Gasteiger partial charge >= 0.3 is 0 Å². The molecule has 0 N–H and O–H groups in total. The molecule has 0 aliphatic carbocycles. The first kappa shape index (κ1) is 11.8. The Morgan fingerprint density at radius 3 is 2.59 bits per heavy atom. The molecule has 0 aliphatic heterocycles. The van der Waals surface area contributed by atoms with Gasteiger partial charge in [0.05, 0.1) is 5.52 Å². The van der Waals surface area contributed by atoms with E-state index in [2.05, 4.69) is 18.8 Å². The van der Waals surface area contributed by atoms with Gasteiger partial charge in [0, 0.05) is 23.1 Å². The number of benzene rings is 1. The number of ketones is 1. The molecule has 88 valence electrons. The van der Waals surface area contributed by atoms with E-state index in [9.17, 15) is 4.79 Å². The van der Waals surface area contributed by atoms with Gasteiger partial charge in [0.25, 0.3) is 0 Å². The number of carbonyl (C=O) groups is 1. The van der Waals surface area contributed by atoms with E-state index in [1.54, 1.807) is 6.20 Å². The first-order valence-corrected chi connectivity index (χ1v) is 6.15. The number of fused-ring (bicyclic) bond motifs is 1. The fourth-order valence-electron chi connectivity index (χ4n) is 2.18. The second-order valence-corrected chi connectivity index (χ2v) is 4.26. The molecule has 0 radical (unpaired) electrons. The fraction of sp³-hybridized carbons (Fsp3) is 0.333. The van der Waals surface area contributed by atoms with Gasteiger partial charge in [-0.15, -0.1) is 0 Å². The lowest BCUT2D eigenvalue weighted by molar-refractivity contribution is 0.0915. The number of carbonyl (C=O) groups excluding carboxylic acids is 1. The molecule has 0 bridgehead atoms. The van der Waals surface area contributed by atoms with Crippen LogP contribution in [-0.4, -0.2) is 10.8 Å². The highest BCUT2D eigenvalue weighted by Crippen LogP contribution is 2.22. The van der Waals surface area contributed by atoms with Crippen LogP contribution >= 0.6 is 0 Å². The Kier molecular flexibility index (Phi) is 3.52. The quantitative estimate of drug-likeness (QED) is 0.742. The van der Waals surface area contributed by atoms with Crippen LogP contribution in [0.15, 0.2) is 36.5 Å². The molecule has 2 aromatic rings. The summed E-state index contributed by atoms with van der Waals surface area (Å²) in [6.07, 6.45) is 3.52. The van der Waals surface area contributed by atoms with Gasteiger partial charge in [0.15, 0.2) is 5.78 Å². The standard InChI is InChI=1S/C15H17NO/c1-3-11(4-2)15(17)13-9-5-7-12-8-6-10-16-14(12)13/h5-11H,3-4H2,1-2H3. The van der Waals surface area contributed by atoms with E-state index >= 15 is 0 Å². The predicted octanol–water partition coefficient (Wildman–Crippen LogP) is 3.85. The Balaban J connectivity index is 2.52. The molecule has 2 nitrogen and oxygen atoms in total. The van der Waals surface area contributed by atoms with E-state index in [0.29, 0.717) is 0 Å². The summed E-state index contributed by atoms with van der Waals surface area (Å²) in [7, 11) is 0. The van der Waals surface area contributed by atoms with E-state index < -0.39 is 0 Å². The molecule has 17 heavy (non-hydrogen) atoms. The number of para-hydroxylation sites is 1. The molecule has 1 heterocycles. The summed E-state index contributed by atoms with van der Waals surface area (Å²) >= 11 is 0. The second-order valence-electron chi connectivity index (χ2n) is 4.26. The molecular weight excluding hydrogens is 210 g/mol. The van der Waals surface area contributed by atoms with Crippen molar-refractivity contribution in [2.45, 2.75) is 26.7 Å². The first-order chi connectivity index (χ1) is 8.27. The van der Waals surface area contributed by atoms with Gasteiger partial charge in [-0.2, -0.15) is 0 Å². The smallest absolute Gasteiger partial charge is 0.168 e. The van der Waals surface area contributed by atoms with Crippen LogP contribution in [0.4, 0.5) is 0 Å². The molecule has 0 amide bonds. The summed E-state index contributed by atoms with van der Waals surface area (Å²) in [6.45, 7) is 4.12. The number of Topliss-reactive ketones (excluding diaryl/α,β-unsaturated/α-hetero) is 1. The zero-order valence-electron chi connectivity index (χ0n) is 10.3. The van der Waals surface area contributed by atoms with Crippen molar-refractivity contribution in [1.82, 2.24) is 4.98 Å². The summed E-state index contributed by atoms with van der Waals surface area (Å²) < 4.78 is 0. The van der Waals surface area contributed by atoms with Gasteiger partial charge in [-0.1, -0.05) is 32.0 Å². The minimum absolute atomic E-state index is 0.114. The van der Waals surface area contributed by atoms with Crippen molar-refractivity contribution in [3.63, 3.8) is 0 Å². The Bertz CT molecular complexity index is 524. The van der Waals surface area contributed by atoms with E-state index in [4.69, 9.17) is 0 Å². The van der Waals surface area contributed by atoms with Gasteiger partial charge < -0.3 is 0 Å². The number of pyridine rings is 1. The third kappa shape index (κ3) is 2.21. The van der Waals surface area contributed by atoms with Crippen molar-refractivity contribution in [3.05, 3.63) is 42.1 Å². The van der Waals surface area contributed by atoms with E-state index in [1.807, 2.05) is 30.3 Å². The van der Waals surface area contributed by atoms with Crippen molar-refractivity contribution in [3.8, 4) is 0 Å². The number of aromatic nitrogens is 1. The predicted molar refractivity (Wildman–Crippen MR) is 70.1 cm³/mol. The number of rotatable bonds is 4. The van der Waals surface area contributed by atoms with Crippen molar-refractivity contribution in [2.24, 2.45) is 5.92 Å². The third-order valence-corrected chi connectivity index (χ3v) is 3.25. The molecule has 0 saturated carbocycles. The van der Waals surface area contributed by atoms with E-state index in [1.165, 1.54) is 0 Å². The fourth-order valence-corrected chi connectivity index (χ4v) is 2.18.